The summed E-state index contributed by atoms with van der Waals surface area (Å²) in [6.07, 6.45) is 1.75. The lowest BCUT2D eigenvalue weighted by Crippen LogP contribution is -2.15. The third kappa shape index (κ3) is 1.13. The highest BCUT2D eigenvalue weighted by atomic mass is 19.1. The molecule has 0 unspecified atom stereocenters. The molecule has 0 atom stereocenters. The molecule has 2 aromatic heterocycles. The van der Waals surface area contributed by atoms with Crippen LogP contribution in [0.4, 0.5) is 4.39 Å². The Kier molecular flexibility index (Phi) is 1.77. The van der Waals surface area contributed by atoms with Gasteiger partial charge >= 0.3 is 0 Å². The minimum absolute atomic E-state index is 0.249. The largest absolute Gasteiger partial charge is 0.286 e. The highest BCUT2D eigenvalue weighted by Crippen LogP contribution is 2.12. The number of halogens is 1. The minimum Gasteiger partial charge on any atom is -0.286 e. The van der Waals surface area contributed by atoms with Crippen LogP contribution in [-0.2, 0) is 0 Å². The quantitative estimate of drug-likeness (QED) is 0.571. The van der Waals surface area contributed by atoms with Gasteiger partial charge < -0.3 is 0 Å². The fourth-order valence-electron chi connectivity index (χ4n) is 1.78. The van der Waals surface area contributed by atoms with Crippen LogP contribution in [0.2, 0.25) is 0 Å². The Labute approximate surface area is 90.3 Å². The van der Waals surface area contributed by atoms with Crippen molar-refractivity contribution < 1.29 is 4.39 Å². The van der Waals surface area contributed by atoms with Crippen LogP contribution in [0, 0.1) is 11.2 Å². The summed E-state index contributed by atoms with van der Waals surface area (Å²) in [6, 6.07) is 10.0. The van der Waals surface area contributed by atoms with E-state index >= 15 is 0 Å². The Hall–Kier alpha value is -2.23. The second kappa shape index (κ2) is 3.13. The fraction of sp³-hybridized carbons (Fsp3) is 0. The average molecular weight is 213 g/mol. The molecular weight excluding hydrogens is 205 g/mol. The maximum atomic E-state index is 13.5. The number of benzene rings is 1. The molecule has 4 heteroatoms. The van der Waals surface area contributed by atoms with Gasteiger partial charge in [0.05, 0.1) is 0 Å². The molecule has 0 aliphatic heterocycles. The van der Waals surface area contributed by atoms with Gasteiger partial charge in [0, 0.05) is 11.6 Å². The summed E-state index contributed by atoms with van der Waals surface area (Å²) in [4.78, 5) is 4.21. The van der Waals surface area contributed by atoms with E-state index < -0.39 is 5.82 Å². The van der Waals surface area contributed by atoms with Gasteiger partial charge in [0.2, 0.25) is 0 Å². The van der Waals surface area contributed by atoms with Gasteiger partial charge in [-0.25, -0.2) is 9.37 Å². The number of hydrogen-bond acceptors (Lipinski definition) is 2. The van der Waals surface area contributed by atoms with Crippen LogP contribution in [0.25, 0.3) is 16.6 Å². The molecule has 0 fully saturated rings. The molecule has 0 amide bonds. The maximum absolute atomic E-state index is 13.5. The summed E-state index contributed by atoms with van der Waals surface area (Å²) >= 11 is 0. The molecule has 0 bridgehead atoms. The van der Waals surface area contributed by atoms with Crippen molar-refractivity contribution in [2.75, 3.05) is 0 Å². The standard InChI is InChI=1S/C12H8FN3/c13-9-5-3-4-8-11(9)15-10-6-1-2-7-16(10)12(8)14/h1-7,14H. The summed E-state index contributed by atoms with van der Waals surface area (Å²) in [5.41, 5.74) is 1.07. The van der Waals surface area contributed by atoms with Gasteiger partial charge in [-0.3, -0.25) is 9.81 Å². The first-order valence-electron chi connectivity index (χ1n) is 4.87. The normalized spacial score (nSPS) is 11.1. The lowest BCUT2D eigenvalue weighted by molar-refractivity contribution is 0.636. The molecule has 78 valence electrons. The number of nitrogens with zero attached hydrogens (tertiary/aromatic N) is 2. The van der Waals surface area contributed by atoms with Crippen LogP contribution in [-0.4, -0.2) is 9.38 Å². The number of aromatic nitrogens is 2. The van der Waals surface area contributed by atoms with Crippen LogP contribution in [0.1, 0.15) is 0 Å². The second-order valence-electron chi connectivity index (χ2n) is 3.53. The molecule has 2 heterocycles. The van der Waals surface area contributed by atoms with Crippen LogP contribution >= 0.6 is 0 Å². The van der Waals surface area contributed by atoms with Crippen LogP contribution in [0.5, 0.6) is 0 Å². The number of nitrogens with one attached hydrogen (secondary N) is 1. The molecule has 0 spiro atoms. The van der Waals surface area contributed by atoms with Crippen molar-refractivity contribution in [3.8, 4) is 0 Å². The Morgan fingerprint density at radius 3 is 2.88 bits per heavy atom. The van der Waals surface area contributed by atoms with Gasteiger partial charge in [0.1, 0.15) is 22.5 Å². The topological polar surface area (TPSA) is 41.2 Å². The maximum Gasteiger partial charge on any atom is 0.149 e. The zero-order chi connectivity index (χ0) is 11.1. The molecule has 3 nitrogen and oxygen atoms in total. The van der Waals surface area contributed by atoms with E-state index in [-0.39, 0.29) is 11.0 Å². The zero-order valence-corrected chi connectivity index (χ0v) is 8.31. The van der Waals surface area contributed by atoms with Gasteiger partial charge in [0.25, 0.3) is 0 Å². The molecule has 0 radical (unpaired) electrons. The van der Waals surface area contributed by atoms with E-state index in [0.29, 0.717) is 11.0 Å². The van der Waals surface area contributed by atoms with Crippen molar-refractivity contribution in [1.82, 2.24) is 9.38 Å². The summed E-state index contributed by atoms with van der Waals surface area (Å²) in [7, 11) is 0. The molecule has 0 saturated heterocycles. The number of rotatable bonds is 0. The van der Waals surface area contributed by atoms with E-state index in [9.17, 15) is 4.39 Å². The minimum atomic E-state index is -0.391. The van der Waals surface area contributed by atoms with Crippen LogP contribution in [0.3, 0.4) is 0 Å². The Balaban J connectivity index is 2.67. The first kappa shape index (κ1) is 9.03. The Morgan fingerprint density at radius 1 is 1.12 bits per heavy atom. The third-order valence-corrected chi connectivity index (χ3v) is 2.55. The Morgan fingerprint density at radius 2 is 2.00 bits per heavy atom. The van der Waals surface area contributed by atoms with E-state index in [0.717, 1.165) is 0 Å². The molecule has 1 aromatic carbocycles. The predicted octanol–water partition coefficient (Wildman–Crippen LogP) is 2.11. The monoisotopic (exact) mass is 213 g/mol. The number of hydrogen-bond donors (Lipinski definition) is 1. The van der Waals surface area contributed by atoms with Crippen LogP contribution in [0.15, 0.2) is 42.6 Å². The van der Waals surface area contributed by atoms with Crippen molar-refractivity contribution >= 4 is 16.6 Å². The third-order valence-electron chi connectivity index (χ3n) is 2.55. The fourth-order valence-corrected chi connectivity index (χ4v) is 1.78. The Bertz CT molecular complexity index is 746. The average Bonchev–Trinajstić information content (AvgIpc) is 2.31. The highest BCUT2D eigenvalue weighted by Gasteiger charge is 2.05. The SMILES string of the molecule is N=c1c2cccc(F)c2nc2ccccn12. The zero-order valence-electron chi connectivity index (χ0n) is 8.31. The van der Waals surface area contributed by atoms with Crippen molar-refractivity contribution in [2.24, 2.45) is 0 Å². The summed E-state index contributed by atoms with van der Waals surface area (Å²) in [5.74, 6) is -0.391. The molecule has 3 aromatic rings. The van der Waals surface area contributed by atoms with Gasteiger partial charge in [-0.1, -0.05) is 12.1 Å². The second-order valence-corrected chi connectivity index (χ2v) is 3.53. The predicted molar refractivity (Wildman–Crippen MR) is 58.5 cm³/mol. The van der Waals surface area contributed by atoms with E-state index in [1.54, 1.807) is 28.8 Å². The van der Waals surface area contributed by atoms with E-state index in [1.165, 1.54) is 6.07 Å². The van der Waals surface area contributed by atoms with Crippen LogP contribution < -0.4 is 5.49 Å². The number of para-hydroxylation sites is 1. The van der Waals surface area contributed by atoms with Crippen molar-refractivity contribution in [3.63, 3.8) is 0 Å². The molecular formula is C12H8FN3. The molecule has 16 heavy (non-hydrogen) atoms. The first-order valence-corrected chi connectivity index (χ1v) is 4.87. The van der Waals surface area contributed by atoms with Gasteiger partial charge in [0.15, 0.2) is 0 Å². The number of fused-ring (bicyclic) bond motifs is 2. The molecule has 0 saturated carbocycles. The van der Waals surface area contributed by atoms with Gasteiger partial charge in [-0.05, 0) is 24.3 Å². The number of pyridine rings is 1. The first-order chi connectivity index (χ1) is 7.77. The van der Waals surface area contributed by atoms with Crippen molar-refractivity contribution in [1.29, 1.82) is 5.41 Å². The highest BCUT2D eigenvalue weighted by molar-refractivity contribution is 5.79. The molecule has 1 N–H and O–H groups in total. The van der Waals surface area contributed by atoms with E-state index in [1.807, 2.05) is 12.1 Å². The molecule has 0 aliphatic rings. The van der Waals surface area contributed by atoms with E-state index in [2.05, 4.69) is 4.98 Å². The smallest absolute Gasteiger partial charge is 0.149 e. The van der Waals surface area contributed by atoms with Gasteiger partial charge in [-0.15, -0.1) is 0 Å². The summed E-state index contributed by atoms with van der Waals surface area (Å²) < 4.78 is 15.2. The molecule has 3 rings (SSSR count). The van der Waals surface area contributed by atoms with Crippen molar-refractivity contribution in [2.45, 2.75) is 0 Å². The van der Waals surface area contributed by atoms with E-state index in [4.69, 9.17) is 5.41 Å². The lowest BCUT2D eigenvalue weighted by Gasteiger charge is -2.04. The molecule has 0 aliphatic carbocycles. The van der Waals surface area contributed by atoms with Crippen molar-refractivity contribution in [3.05, 3.63) is 53.9 Å². The summed E-state index contributed by atoms with van der Waals surface area (Å²) in [5, 5.41) is 8.50. The summed E-state index contributed by atoms with van der Waals surface area (Å²) in [6.45, 7) is 0. The lowest BCUT2D eigenvalue weighted by atomic mass is 10.2. The van der Waals surface area contributed by atoms with Gasteiger partial charge in [-0.2, -0.15) is 0 Å².